The summed E-state index contributed by atoms with van der Waals surface area (Å²) in [7, 11) is -0.277. The summed E-state index contributed by atoms with van der Waals surface area (Å²) in [4.78, 5) is 16.9. The number of rotatable bonds is 5. The zero-order chi connectivity index (χ0) is 24.5. The number of hydrogen-bond donors (Lipinski definition) is 0. The summed E-state index contributed by atoms with van der Waals surface area (Å²) >= 11 is 6.40. The minimum Gasteiger partial charge on any atom is -0.370 e. The number of amides is 1. The maximum absolute atomic E-state index is 15.2. The van der Waals surface area contributed by atoms with E-state index in [0.717, 1.165) is 5.56 Å². The van der Waals surface area contributed by atoms with Gasteiger partial charge in [-0.2, -0.15) is 12.9 Å². The fourth-order valence-corrected chi connectivity index (χ4v) is 6.31. The molecular weight excluding hydrogens is 479 g/mol. The number of nitrogens with zero attached hydrogens (tertiary/aromatic N) is 4. The molecule has 2 aliphatic rings. The predicted octanol–water partition coefficient (Wildman–Crippen LogP) is 4.48. The Morgan fingerprint density at radius 2 is 1.94 bits per heavy atom. The highest BCUT2D eigenvalue weighted by molar-refractivity contribution is 7.86. The molecule has 0 N–H and O–H groups in total. The molecule has 2 saturated heterocycles. The second kappa shape index (κ2) is 10.3. The Hall–Kier alpha value is -2.04. The van der Waals surface area contributed by atoms with Crippen LogP contribution in [-0.2, 0) is 15.0 Å². The van der Waals surface area contributed by atoms with Crippen molar-refractivity contribution in [3.63, 3.8) is 0 Å². The predicted molar refractivity (Wildman–Crippen MR) is 132 cm³/mol. The molecule has 7 nitrogen and oxygen atoms in total. The molecule has 0 radical (unpaired) electrons. The zero-order valence-electron chi connectivity index (χ0n) is 19.6. The number of benzene rings is 2. The molecule has 4 rings (SSSR count). The van der Waals surface area contributed by atoms with Crippen molar-refractivity contribution in [2.24, 2.45) is 4.36 Å². The van der Waals surface area contributed by atoms with E-state index in [4.69, 9.17) is 16.3 Å². The van der Waals surface area contributed by atoms with Crippen molar-refractivity contribution in [2.45, 2.75) is 31.5 Å². The van der Waals surface area contributed by atoms with Crippen LogP contribution in [0.25, 0.3) is 0 Å². The van der Waals surface area contributed by atoms with Crippen molar-refractivity contribution < 1.29 is 17.6 Å². The minimum atomic E-state index is -4.13. The van der Waals surface area contributed by atoms with Gasteiger partial charge in [0.25, 0.3) is 16.2 Å². The average Bonchev–Trinajstić information content (AvgIpc) is 3.22. The van der Waals surface area contributed by atoms with Crippen LogP contribution in [0.2, 0.25) is 5.02 Å². The van der Waals surface area contributed by atoms with Gasteiger partial charge in [0.2, 0.25) is 0 Å². The highest BCUT2D eigenvalue weighted by Gasteiger charge is 2.38. The quantitative estimate of drug-likeness (QED) is 0.559. The lowest BCUT2D eigenvalue weighted by molar-refractivity contribution is -0.0228. The van der Waals surface area contributed by atoms with Crippen LogP contribution in [0.15, 0.2) is 52.9 Å². The number of ether oxygens (including phenoxy) is 1. The maximum Gasteiger partial charge on any atom is 0.276 e. The van der Waals surface area contributed by atoms with Crippen LogP contribution >= 0.6 is 11.6 Å². The van der Waals surface area contributed by atoms with Crippen LogP contribution in [-0.4, -0.2) is 76.6 Å². The first kappa shape index (κ1) is 25.1. The van der Waals surface area contributed by atoms with E-state index in [9.17, 15) is 9.00 Å². The molecule has 2 heterocycles. The standard InChI is InChI=1S/C24H30ClFN4O3S/c1-17-22(28(2)3)11-12-30(17)34(26,32)27-19-9-10-20(21(25)15-19)24(31)29-13-14-33-23(16-29)18-7-5-4-6-8-18/h4-10,15,17,22-23H,11-14,16H2,1-3H3/t17?,22?,23-,34?/m1/s1. The summed E-state index contributed by atoms with van der Waals surface area (Å²) < 4.78 is 39.0. The Morgan fingerprint density at radius 1 is 1.21 bits per heavy atom. The van der Waals surface area contributed by atoms with Crippen molar-refractivity contribution >= 4 is 33.5 Å². The SMILES string of the molecule is CC1C(N(C)C)CCN1S(=O)(F)=Nc1ccc(C(=O)N2CCO[C@@H](c3ccccc3)C2)c(Cl)c1. The van der Waals surface area contributed by atoms with Gasteiger partial charge in [-0.1, -0.05) is 41.9 Å². The minimum absolute atomic E-state index is 0.101. The topological polar surface area (TPSA) is 65.5 Å². The van der Waals surface area contributed by atoms with Gasteiger partial charge in [-0.15, -0.1) is 3.89 Å². The third kappa shape index (κ3) is 5.28. The Morgan fingerprint density at radius 3 is 2.59 bits per heavy atom. The molecule has 2 aromatic carbocycles. The summed E-state index contributed by atoms with van der Waals surface area (Å²) in [6, 6.07) is 14.0. The van der Waals surface area contributed by atoms with Gasteiger partial charge in [0, 0.05) is 25.2 Å². The lowest BCUT2D eigenvalue weighted by Crippen LogP contribution is -2.42. The van der Waals surface area contributed by atoms with Crippen LogP contribution in [0.1, 0.15) is 35.4 Å². The van der Waals surface area contributed by atoms with E-state index in [-0.39, 0.29) is 34.8 Å². The van der Waals surface area contributed by atoms with E-state index < -0.39 is 10.3 Å². The van der Waals surface area contributed by atoms with E-state index in [0.29, 0.717) is 38.2 Å². The lowest BCUT2D eigenvalue weighted by Gasteiger charge is -2.33. The average molecular weight is 509 g/mol. The van der Waals surface area contributed by atoms with E-state index in [2.05, 4.69) is 4.36 Å². The summed E-state index contributed by atoms with van der Waals surface area (Å²) in [5, 5.41) is 0.143. The molecule has 0 saturated carbocycles. The molecule has 0 aliphatic carbocycles. The smallest absolute Gasteiger partial charge is 0.276 e. The molecule has 184 valence electrons. The Bertz CT molecular complexity index is 1160. The molecule has 0 bridgehead atoms. The Balaban J connectivity index is 1.51. The summed E-state index contributed by atoms with van der Waals surface area (Å²) in [6.45, 7) is 3.48. The Kier molecular flexibility index (Phi) is 7.59. The van der Waals surface area contributed by atoms with Gasteiger partial charge in [0.1, 0.15) is 6.10 Å². The first-order valence-corrected chi connectivity index (χ1v) is 13.1. The highest BCUT2D eigenvalue weighted by Crippen LogP contribution is 2.31. The summed E-state index contributed by atoms with van der Waals surface area (Å²) in [5.41, 5.74) is 1.44. The normalized spacial score (nSPS) is 25.4. The largest absolute Gasteiger partial charge is 0.370 e. The first-order chi connectivity index (χ1) is 16.2. The molecule has 4 atom stereocenters. The monoisotopic (exact) mass is 508 g/mol. The van der Waals surface area contributed by atoms with Crippen molar-refractivity contribution in [2.75, 3.05) is 40.3 Å². The van der Waals surface area contributed by atoms with E-state index in [1.54, 1.807) is 4.90 Å². The molecule has 1 amide bonds. The van der Waals surface area contributed by atoms with Crippen LogP contribution in [0.3, 0.4) is 0 Å². The Labute approximate surface area is 206 Å². The maximum atomic E-state index is 15.2. The molecule has 2 aliphatic heterocycles. The third-order valence-electron chi connectivity index (χ3n) is 6.53. The van der Waals surface area contributed by atoms with Crippen LogP contribution in [0.4, 0.5) is 9.57 Å². The highest BCUT2D eigenvalue weighted by atomic mass is 35.5. The number of likely N-dealkylation sites (N-methyl/N-ethyl adjacent to an activating group) is 1. The van der Waals surface area contributed by atoms with Gasteiger partial charge in [-0.3, -0.25) is 4.79 Å². The lowest BCUT2D eigenvalue weighted by atomic mass is 10.1. The third-order valence-corrected chi connectivity index (χ3v) is 8.38. The fraction of sp³-hybridized carbons (Fsp3) is 0.458. The first-order valence-electron chi connectivity index (χ1n) is 11.3. The zero-order valence-corrected chi connectivity index (χ0v) is 21.1. The molecule has 0 aromatic heterocycles. The van der Waals surface area contributed by atoms with Crippen LogP contribution in [0.5, 0.6) is 0 Å². The van der Waals surface area contributed by atoms with Gasteiger partial charge < -0.3 is 14.5 Å². The van der Waals surface area contributed by atoms with E-state index >= 15 is 3.89 Å². The second-order valence-electron chi connectivity index (χ2n) is 8.91. The molecule has 10 heteroatoms. The van der Waals surface area contributed by atoms with Gasteiger partial charge in [-0.25, -0.2) is 0 Å². The summed E-state index contributed by atoms with van der Waals surface area (Å²) in [6.07, 6.45) is 0.499. The molecule has 0 spiro atoms. The van der Waals surface area contributed by atoms with Crippen molar-refractivity contribution in [3.05, 3.63) is 64.7 Å². The van der Waals surface area contributed by atoms with Gasteiger partial charge in [-0.05, 0) is 51.2 Å². The molecule has 34 heavy (non-hydrogen) atoms. The van der Waals surface area contributed by atoms with Gasteiger partial charge >= 0.3 is 0 Å². The molecule has 3 unspecified atom stereocenters. The number of hydrogen-bond acceptors (Lipinski definition) is 5. The molecular formula is C24H30ClFN4O3S. The second-order valence-corrected chi connectivity index (χ2v) is 10.8. The van der Waals surface area contributed by atoms with Crippen molar-refractivity contribution in [1.82, 2.24) is 14.1 Å². The van der Waals surface area contributed by atoms with Gasteiger partial charge in [0.15, 0.2) is 0 Å². The molecule has 2 fully saturated rings. The van der Waals surface area contributed by atoms with E-state index in [1.807, 2.05) is 56.3 Å². The van der Waals surface area contributed by atoms with Gasteiger partial charge in [0.05, 0.1) is 29.4 Å². The molecule has 2 aromatic rings. The number of carbonyl (C=O) groups excluding carboxylic acids is 1. The summed E-state index contributed by atoms with van der Waals surface area (Å²) in [5.74, 6) is -0.233. The number of carbonyl (C=O) groups is 1. The van der Waals surface area contributed by atoms with Crippen molar-refractivity contribution in [1.29, 1.82) is 0 Å². The van der Waals surface area contributed by atoms with Crippen LogP contribution < -0.4 is 0 Å². The number of morpholine rings is 1. The van der Waals surface area contributed by atoms with E-state index in [1.165, 1.54) is 22.5 Å². The van der Waals surface area contributed by atoms with Crippen LogP contribution in [0, 0.1) is 0 Å². The van der Waals surface area contributed by atoms with Crippen molar-refractivity contribution in [3.8, 4) is 0 Å². The number of halogens is 2. The fourth-order valence-electron chi connectivity index (χ4n) is 4.69.